The van der Waals surface area contributed by atoms with Crippen LogP contribution in [0.15, 0.2) is 30.3 Å². The van der Waals surface area contributed by atoms with E-state index in [4.69, 9.17) is 5.73 Å². The molecule has 1 aromatic rings. The highest BCUT2D eigenvalue weighted by atomic mass is 16.5. The minimum Gasteiger partial charge on any atom is -0.453 e. The fourth-order valence-corrected chi connectivity index (χ4v) is 1.58. The second kappa shape index (κ2) is 8.10. The minimum atomic E-state index is -0.445. The molecule has 0 saturated carbocycles. The summed E-state index contributed by atoms with van der Waals surface area (Å²) in [5.41, 5.74) is 6.00. The molecule has 3 N–H and O–H groups in total. The van der Waals surface area contributed by atoms with Gasteiger partial charge in [-0.3, -0.25) is 4.79 Å². The maximum atomic E-state index is 11.8. The molecule has 1 aromatic carbocycles. The van der Waals surface area contributed by atoms with Crippen LogP contribution in [-0.4, -0.2) is 50.2 Å². The van der Waals surface area contributed by atoms with E-state index < -0.39 is 6.09 Å². The molecule has 2 amide bonds. The summed E-state index contributed by atoms with van der Waals surface area (Å²) in [6, 6.07) is 8.89. The molecule has 0 radical (unpaired) electrons. The Morgan fingerprint density at radius 3 is 2.53 bits per heavy atom. The van der Waals surface area contributed by atoms with Gasteiger partial charge in [-0.15, -0.1) is 0 Å². The number of nitrogens with zero attached hydrogens (tertiary/aromatic N) is 1. The molecule has 0 heterocycles. The van der Waals surface area contributed by atoms with Gasteiger partial charge in [0, 0.05) is 31.7 Å². The number of ether oxygens (including phenoxy) is 1. The molecule has 0 bridgehead atoms. The zero-order valence-corrected chi connectivity index (χ0v) is 11.0. The van der Waals surface area contributed by atoms with E-state index in [0.717, 1.165) is 0 Å². The molecular weight excluding hydrogens is 246 g/mol. The van der Waals surface area contributed by atoms with Crippen LogP contribution in [0.25, 0.3) is 0 Å². The van der Waals surface area contributed by atoms with Crippen LogP contribution in [0.4, 0.5) is 4.79 Å². The smallest absolute Gasteiger partial charge is 0.409 e. The van der Waals surface area contributed by atoms with Crippen molar-refractivity contribution in [3.8, 4) is 0 Å². The summed E-state index contributed by atoms with van der Waals surface area (Å²) in [6.45, 7) is 1.46. The third-order valence-electron chi connectivity index (χ3n) is 2.54. The van der Waals surface area contributed by atoms with Crippen LogP contribution in [0.1, 0.15) is 10.4 Å². The van der Waals surface area contributed by atoms with E-state index in [0.29, 0.717) is 31.7 Å². The molecular formula is C13H19N3O3. The summed E-state index contributed by atoms with van der Waals surface area (Å²) >= 11 is 0. The fraction of sp³-hybridized carbons (Fsp3) is 0.385. The van der Waals surface area contributed by atoms with Crippen molar-refractivity contribution in [2.75, 3.05) is 33.3 Å². The molecule has 0 aliphatic heterocycles. The van der Waals surface area contributed by atoms with Gasteiger partial charge in [-0.05, 0) is 12.1 Å². The Kier molecular flexibility index (Phi) is 6.38. The summed E-state index contributed by atoms with van der Waals surface area (Å²) < 4.78 is 4.63. The molecule has 0 saturated heterocycles. The maximum absolute atomic E-state index is 11.8. The minimum absolute atomic E-state index is 0.168. The molecule has 6 heteroatoms. The van der Waals surface area contributed by atoms with Gasteiger partial charge in [0.1, 0.15) is 0 Å². The lowest BCUT2D eigenvalue weighted by Crippen LogP contribution is -2.41. The number of amides is 2. The van der Waals surface area contributed by atoms with Gasteiger partial charge in [-0.25, -0.2) is 4.79 Å². The lowest BCUT2D eigenvalue weighted by molar-refractivity contribution is 0.0939. The third-order valence-corrected chi connectivity index (χ3v) is 2.54. The first-order chi connectivity index (χ1) is 9.19. The average molecular weight is 265 g/mol. The molecule has 0 aromatic heterocycles. The number of benzene rings is 1. The molecule has 1 rings (SSSR count). The second-order valence-electron chi connectivity index (χ2n) is 3.87. The Bertz CT molecular complexity index is 409. The maximum Gasteiger partial charge on any atom is 0.409 e. The number of nitrogens with two attached hydrogens (primary N) is 1. The monoisotopic (exact) mass is 265 g/mol. The van der Waals surface area contributed by atoms with E-state index in [1.165, 1.54) is 12.0 Å². The summed E-state index contributed by atoms with van der Waals surface area (Å²) in [6.07, 6.45) is -0.445. The molecule has 0 spiro atoms. The summed E-state index contributed by atoms with van der Waals surface area (Å²) in [4.78, 5) is 24.6. The van der Waals surface area contributed by atoms with Crippen molar-refractivity contribution < 1.29 is 14.3 Å². The van der Waals surface area contributed by atoms with Crippen molar-refractivity contribution in [1.29, 1.82) is 0 Å². The lowest BCUT2D eigenvalue weighted by Gasteiger charge is -2.20. The van der Waals surface area contributed by atoms with E-state index >= 15 is 0 Å². The average Bonchev–Trinajstić information content (AvgIpc) is 2.46. The molecule has 6 nitrogen and oxygen atoms in total. The van der Waals surface area contributed by atoms with E-state index in [-0.39, 0.29) is 5.91 Å². The first-order valence-corrected chi connectivity index (χ1v) is 6.05. The number of methoxy groups -OCH3 is 1. The first kappa shape index (κ1) is 15.0. The Morgan fingerprint density at radius 1 is 1.26 bits per heavy atom. The van der Waals surface area contributed by atoms with Crippen LogP contribution in [0.5, 0.6) is 0 Å². The van der Waals surface area contributed by atoms with Crippen LogP contribution < -0.4 is 11.1 Å². The quantitative estimate of drug-likeness (QED) is 0.781. The van der Waals surface area contributed by atoms with Crippen LogP contribution in [0.3, 0.4) is 0 Å². The topological polar surface area (TPSA) is 84.7 Å². The van der Waals surface area contributed by atoms with Crippen molar-refractivity contribution in [2.45, 2.75) is 0 Å². The summed E-state index contributed by atoms with van der Waals surface area (Å²) in [5, 5.41) is 2.74. The summed E-state index contributed by atoms with van der Waals surface area (Å²) in [5.74, 6) is -0.168. The van der Waals surface area contributed by atoms with Crippen molar-refractivity contribution >= 4 is 12.0 Å². The largest absolute Gasteiger partial charge is 0.453 e. The van der Waals surface area contributed by atoms with Crippen molar-refractivity contribution in [3.05, 3.63) is 35.9 Å². The highest BCUT2D eigenvalue weighted by molar-refractivity contribution is 5.94. The van der Waals surface area contributed by atoms with Gasteiger partial charge in [0.2, 0.25) is 0 Å². The molecule has 0 aliphatic carbocycles. The van der Waals surface area contributed by atoms with Crippen molar-refractivity contribution in [2.24, 2.45) is 5.73 Å². The molecule has 0 atom stereocenters. The van der Waals surface area contributed by atoms with Gasteiger partial charge >= 0.3 is 6.09 Å². The number of nitrogens with one attached hydrogen (secondary N) is 1. The van der Waals surface area contributed by atoms with Gasteiger partial charge in [0.25, 0.3) is 5.91 Å². The number of carbonyl (C=O) groups excluding carboxylic acids is 2. The Hall–Kier alpha value is -2.08. The third kappa shape index (κ3) is 4.97. The normalized spacial score (nSPS) is 9.79. The van der Waals surface area contributed by atoms with Crippen molar-refractivity contribution in [3.63, 3.8) is 0 Å². The molecule has 104 valence electrons. The standard InChI is InChI=1S/C13H19N3O3/c1-19-13(18)16(9-7-14)10-8-15-12(17)11-5-3-2-4-6-11/h2-6H,7-10,14H2,1H3,(H,15,17). The highest BCUT2D eigenvalue weighted by Crippen LogP contribution is 1.97. The van der Waals surface area contributed by atoms with Crippen molar-refractivity contribution in [1.82, 2.24) is 10.2 Å². The highest BCUT2D eigenvalue weighted by Gasteiger charge is 2.12. The van der Waals surface area contributed by atoms with E-state index in [1.54, 1.807) is 24.3 Å². The number of hydrogen-bond acceptors (Lipinski definition) is 4. The molecule has 19 heavy (non-hydrogen) atoms. The van der Waals surface area contributed by atoms with Gasteiger partial charge in [0.15, 0.2) is 0 Å². The molecule has 0 aliphatic rings. The number of carbonyl (C=O) groups is 2. The molecule has 0 unspecified atom stereocenters. The van der Waals surface area contributed by atoms with Gasteiger partial charge in [-0.2, -0.15) is 0 Å². The predicted octanol–water partition coefficient (Wildman–Crippen LogP) is 0.444. The Labute approximate surface area is 112 Å². The molecule has 0 fully saturated rings. The Morgan fingerprint density at radius 2 is 1.95 bits per heavy atom. The number of rotatable bonds is 6. The Balaban J connectivity index is 2.40. The van der Waals surface area contributed by atoms with Gasteiger partial charge < -0.3 is 20.7 Å². The first-order valence-electron chi connectivity index (χ1n) is 6.05. The fourth-order valence-electron chi connectivity index (χ4n) is 1.58. The van der Waals surface area contributed by atoms with Crippen LogP contribution in [0, 0.1) is 0 Å². The second-order valence-corrected chi connectivity index (χ2v) is 3.87. The van der Waals surface area contributed by atoms with E-state index in [1.807, 2.05) is 6.07 Å². The summed E-state index contributed by atoms with van der Waals surface area (Å²) in [7, 11) is 1.31. The van der Waals surface area contributed by atoms with Gasteiger partial charge in [0.05, 0.1) is 7.11 Å². The van der Waals surface area contributed by atoms with E-state index in [2.05, 4.69) is 10.1 Å². The van der Waals surface area contributed by atoms with Crippen LogP contribution >= 0.6 is 0 Å². The van der Waals surface area contributed by atoms with Crippen LogP contribution in [-0.2, 0) is 4.74 Å². The zero-order valence-electron chi connectivity index (χ0n) is 11.0. The predicted molar refractivity (Wildman–Crippen MR) is 71.8 cm³/mol. The van der Waals surface area contributed by atoms with E-state index in [9.17, 15) is 9.59 Å². The lowest BCUT2D eigenvalue weighted by atomic mass is 10.2. The SMILES string of the molecule is COC(=O)N(CCN)CCNC(=O)c1ccccc1. The number of hydrogen-bond donors (Lipinski definition) is 2. The zero-order chi connectivity index (χ0) is 14.1. The van der Waals surface area contributed by atoms with Gasteiger partial charge in [-0.1, -0.05) is 18.2 Å². The van der Waals surface area contributed by atoms with Crippen LogP contribution in [0.2, 0.25) is 0 Å².